The number of carboxylic acid groups (broad SMARTS) is 1. The summed E-state index contributed by atoms with van der Waals surface area (Å²) < 4.78 is 18.7. The molecule has 0 bridgehead atoms. The third kappa shape index (κ3) is 4.05. The highest BCUT2D eigenvalue weighted by Crippen LogP contribution is 2.21. The number of para-hydroxylation sites is 1. The molecule has 1 heterocycles. The van der Waals surface area contributed by atoms with E-state index in [-0.39, 0.29) is 17.8 Å². The molecule has 0 radical (unpaired) electrons. The maximum absolute atomic E-state index is 13.4. The van der Waals surface area contributed by atoms with E-state index in [2.05, 4.69) is 5.32 Å². The average molecular weight is 293 g/mol. The highest BCUT2D eigenvalue weighted by molar-refractivity contribution is 5.96. The zero-order chi connectivity index (χ0) is 15.2. The van der Waals surface area contributed by atoms with Crippen molar-refractivity contribution >= 4 is 22.8 Å². The highest BCUT2D eigenvalue weighted by Gasteiger charge is 2.13. The number of unbranched alkanes of at least 4 members (excludes halogenated alkanes) is 2. The zero-order valence-electron chi connectivity index (χ0n) is 11.4. The summed E-state index contributed by atoms with van der Waals surface area (Å²) in [6.07, 6.45) is 2.13. The zero-order valence-corrected chi connectivity index (χ0v) is 11.4. The second-order valence-electron chi connectivity index (χ2n) is 4.73. The van der Waals surface area contributed by atoms with Gasteiger partial charge in [0.1, 0.15) is 0 Å². The summed E-state index contributed by atoms with van der Waals surface area (Å²) in [6.45, 7) is 0.429. The fourth-order valence-corrected chi connectivity index (χ4v) is 2.01. The van der Waals surface area contributed by atoms with Gasteiger partial charge < -0.3 is 14.8 Å². The Morgan fingerprint density at radius 2 is 2.05 bits per heavy atom. The number of fused-ring (bicyclic) bond motifs is 1. The molecule has 2 rings (SSSR count). The number of halogens is 1. The number of carboxylic acids is 1. The quantitative estimate of drug-likeness (QED) is 0.769. The maximum Gasteiger partial charge on any atom is 0.303 e. The molecule has 0 atom stereocenters. The Hall–Kier alpha value is -2.37. The van der Waals surface area contributed by atoms with Gasteiger partial charge >= 0.3 is 5.97 Å². The summed E-state index contributed by atoms with van der Waals surface area (Å²) in [6, 6.07) is 6.00. The van der Waals surface area contributed by atoms with Crippen LogP contribution in [-0.2, 0) is 4.79 Å². The van der Waals surface area contributed by atoms with Gasteiger partial charge in [0, 0.05) is 18.4 Å². The molecule has 0 fully saturated rings. The topological polar surface area (TPSA) is 79.5 Å². The monoisotopic (exact) mass is 293 g/mol. The average Bonchev–Trinajstić information content (AvgIpc) is 2.87. The summed E-state index contributed by atoms with van der Waals surface area (Å²) in [5.41, 5.74) is 0.0732. The van der Waals surface area contributed by atoms with Crippen LogP contribution in [0.4, 0.5) is 4.39 Å². The molecule has 2 aromatic rings. The predicted molar refractivity (Wildman–Crippen MR) is 74.6 cm³/mol. The number of aliphatic carboxylic acids is 1. The van der Waals surface area contributed by atoms with Gasteiger partial charge in [-0.3, -0.25) is 9.59 Å². The Labute approximate surface area is 120 Å². The van der Waals surface area contributed by atoms with E-state index in [9.17, 15) is 14.0 Å². The van der Waals surface area contributed by atoms with Crippen molar-refractivity contribution in [3.8, 4) is 0 Å². The molecular formula is C15H16FNO4. The Bertz CT molecular complexity index is 650. The summed E-state index contributed by atoms with van der Waals surface area (Å²) >= 11 is 0. The number of nitrogens with one attached hydrogen (secondary N) is 1. The van der Waals surface area contributed by atoms with Gasteiger partial charge in [0.15, 0.2) is 17.2 Å². The molecule has 1 amide bonds. The van der Waals surface area contributed by atoms with Crippen molar-refractivity contribution in [2.24, 2.45) is 0 Å². The van der Waals surface area contributed by atoms with E-state index in [1.54, 1.807) is 12.1 Å². The van der Waals surface area contributed by atoms with Crippen LogP contribution in [0.5, 0.6) is 0 Å². The van der Waals surface area contributed by atoms with Crippen molar-refractivity contribution in [1.29, 1.82) is 0 Å². The number of carbonyl (C=O) groups excluding carboxylic acids is 1. The van der Waals surface area contributed by atoms with E-state index in [0.29, 0.717) is 24.8 Å². The van der Waals surface area contributed by atoms with E-state index in [0.717, 1.165) is 6.42 Å². The Morgan fingerprint density at radius 3 is 2.76 bits per heavy atom. The second-order valence-corrected chi connectivity index (χ2v) is 4.73. The van der Waals surface area contributed by atoms with E-state index in [4.69, 9.17) is 9.52 Å². The SMILES string of the molecule is O=C(O)CCCCCNC(=O)c1cc2cccc(F)c2o1. The fraction of sp³-hybridized carbons (Fsp3) is 0.333. The molecule has 5 nitrogen and oxygen atoms in total. The first kappa shape index (κ1) is 15.0. The number of furan rings is 1. The van der Waals surface area contributed by atoms with Crippen LogP contribution in [0.3, 0.4) is 0 Å². The van der Waals surface area contributed by atoms with Gasteiger partial charge in [0.2, 0.25) is 0 Å². The number of benzene rings is 1. The maximum atomic E-state index is 13.4. The van der Waals surface area contributed by atoms with Gasteiger partial charge in [-0.25, -0.2) is 4.39 Å². The molecule has 0 aliphatic rings. The van der Waals surface area contributed by atoms with Crippen LogP contribution in [0.2, 0.25) is 0 Å². The first-order valence-corrected chi connectivity index (χ1v) is 6.76. The number of carbonyl (C=O) groups is 2. The molecule has 0 aliphatic carbocycles. The summed E-state index contributed by atoms with van der Waals surface area (Å²) in [5, 5.41) is 11.7. The van der Waals surface area contributed by atoms with Crippen LogP contribution in [0.1, 0.15) is 36.2 Å². The standard InChI is InChI=1S/C15H16FNO4/c16-11-6-4-5-10-9-12(21-14(10)11)15(20)17-8-3-1-2-7-13(18)19/h4-6,9H,1-3,7-8H2,(H,17,20)(H,18,19). The summed E-state index contributed by atoms with van der Waals surface area (Å²) in [7, 11) is 0. The van der Waals surface area contributed by atoms with Crippen LogP contribution in [0.25, 0.3) is 11.0 Å². The smallest absolute Gasteiger partial charge is 0.303 e. The molecule has 0 aliphatic heterocycles. The van der Waals surface area contributed by atoms with Crippen molar-refractivity contribution in [2.75, 3.05) is 6.54 Å². The van der Waals surface area contributed by atoms with Gasteiger partial charge in [-0.05, 0) is 25.0 Å². The van der Waals surface area contributed by atoms with Crippen LogP contribution in [-0.4, -0.2) is 23.5 Å². The molecule has 6 heteroatoms. The highest BCUT2D eigenvalue weighted by atomic mass is 19.1. The molecule has 0 saturated carbocycles. The second kappa shape index (κ2) is 6.88. The van der Waals surface area contributed by atoms with Crippen molar-refractivity contribution in [3.63, 3.8) is 0 Å². The van der Waals surface area contributed by atoms with Crippen molar-refractivity contribution < 1.29 is 23.5 Å². The molecule has 1 aromatic carbocycles. The lowest BCUT2D eigenvalue weighted by molar-refractivity contribution is -0.137. The fourth-order valence-electron chi connectivity index (χ4n) is 2.01. The lowest BCUT2D eigenvalue weighted by Crippen LogP contribution is -2.23. The molecule has 21 heavy (non-hydrogen) atoms. The van der Waals surface area contributed by atoms with Crippen molar-refractivity contribution in [3.05, 3.63) is 35.8 Å². The molecule has 1 aromatic heterocycles. The van der Waals surface area contributed by atoms with Gasteiger partial charge in [0.25, 0.3) is 5.91 Å². The minimum absolute atomic E-state index is 0.0700. The third-order valence-electron chi connectivity index (χ3n) is 3.07. The molecular weight excluding hydrogens is 277 g/mol. The van der Waals surface area contributed by atoms with E-state index < -0.39 is 17.7 Å². The van der Waals surface area contributed by atoms with Gasteiger partial charge in [-0.2, -0.15) is 0 Å². The van der Waals surface area contributed by atoms with Crippen molar-refractivity contribution in [2.45, 2.75) is 25.7 Å². The molecule has 0 spiro atoms. The summed E-state index contributed by atoms with van der Waals surface area (Å²) in [4.78, 5) is 22.2. The first-order valence-electron chi connectivity index (χ1n) is 6.76. The van der Waals surface area contributed by atoms with Crippen LogP contribution in [0, 0.1) is 5.82 Å². The molecule has 0 saturated heterocycles. The number of amides is 1. The Morgan fingerprint density at radius 1 is 1.24 bits per heavy atom. The van der Waals surface area contributed by atoms with E-state index in [1.807, 2.05) is 0 Å². The first-order chi connectivity index (χ1) is 10.1. The molecule has 2 N–H and O–H groups in total. The Kier molecular flexibility index (Phi) is 4.92. The summed E-state index contributed by atoms with van der Waals surface area (Å²) in [5.74, 6) is -1.65. The number of rotatable bonds is 7. The van der Waals surface area contributed by atoms with Crippen LogP contribution in [0.15, 0.2) is 28.7 Å². The van der Waals surface area contributed by atoms with Gasteiger partial charge in [-0.15, -0.1) is 0 Å². The van der Waals surface area contributed by atoms with Crippen LogP contribution >= 0.6 is 0 Å². The minimum Gasteiger partial charge on any atom is -0.481 e. The number of hydrogen-bond acceptors (Lipinski definition) is 3. The predicted octanol–water partition coefficient (Wildman–Crippen LogP) is 2.95. The van der Waals surface area contributed by atoms with E-state index in [1.165, 1.54) is 12.1 Å². The third-order valence-corrected chi connectivity index (χ3v) is 3.07. The van der Waals surface area contributed by atoms with Crippen LogP contribution < -0.4 is 5.32 Å². The van der Waals surface area contributed by atoms with E-state index >= 15 is 0 Å². The minimum atomic E-state index is -0.816. The normalized spacial score (nSPS) is 10.7. The largest absolute Gasteiger partial charge is 0.481 e. The lowest BCUT2D eigenvalue weighted by Gasteiger charge is -2.02. The van der Waals surface area contributed by atoms with Crippen molar-refractivity contribution in [1.82, 2.24) is 5.32 Å². The lowest BCUT2D eigenvalue weighted by atomic mass is 10.2. The molecule has 0 unspecified atom stereocenters. The molecule has 112 valence electrons. The number of hydrogen-bond donors (Lipinski definition) is 2. The van der Waals surface area contributed by atoms with Gasteiger partial charge in [0.05, 0.1) is 0 Å². The Balaban J connectivity index is 1.82. The van der Waals surface area contributed by atoms with Gasteiger partial charge in [-0.1, -0.05) is 18.6 Å².